The normalized spacial score (nSPS) is 12.2. The number of aliphatic hydroxyl groups is 1. The number of benzene rings is 2. The standard InChI is InChI=1S/C27H32N6O5/c1-4-14-37-21-12-8-19(9-13-21)15-28-31-26-29-24-23(25(35)30-27(36)32(24)3)33(26)16-20(34)17-38-22-10-6-18(5-2)7-11-22/h6-13,15,20,34H,4-5,14,16-17H2,1-3H3,(H,29,31)(H,30,35,36)/b28-15+/t20-/m0/s1. The number of aromatic amines is 1. The highest BCUT2D eigenvalue weighted by molar-refractivity contribution is 5.80. The number of hydrogen-bond acceptors (Lipinski definition) is 8. The Morgan fingerprint density at radius 2 is 1.76 bits per heavy atom. The van der Waals surface area contributed by atoms with E-state index in [1.165, 1.54) is 21.7 Å². The van der Waals surface area contributed by atoms with Gasteiger partial charge in [0, 0.05) is 7.05 Å². The molecule has 0 spiro atoms. The first-order chi connectivity index (χ1) is 18.4. The van der Waals surface area contributed by atoms with Gasteiger partial charge in [0.25, 0.3) is 5.56 Å². The average molecular weight is 521 g/mol. The molecule has 0 aliphatic heterocycles. The van der Waals surface area contributed by atoms with E-state index in [0.29, 0.717) is 12.4 Å². The maximum atomic E-state index is 12.7. The van der Waals surface area contributed by atoms with Crippen molar-refractivity contribution in [1.82, 2.24) is 19.1 Å². The van der Waals surface area contributed by atoms with E-state index in [4.69, 9.17) is 9.47 Å². The van der Waals surface area contributed by atoms with Crippen LogP contribution in [0.5, 0.6) is 11.5 Å². The van der Waals surface area contributed by atoms with E-state index in [1.54, 1.807) is 6.21 Å². The van der Waals surface area contributed by atoms with Gasteiger partial charge < -0.3 is 19.1 Å². The summed E-state index contributed by atoms with van der Waals surface area (Å²) in [5.74, 6) is 1.60. The summed E-state index contributed by atoms with van der Waals surface area (Å²) in [6.07, 6.45) is 2.46. The van der Waals surface area contributed by atoms with Gasteiger partial charge in [-0.15, -0.1) is 0 Å². The molecule has 0 aliphatic carbocycles. The second-order valence-corrected chi connectivity index (χ2v) is 8.79. The number of imidazole rings is 1. The summed E-state index contributed by atoms with van der Waals surface area (Å²) in [6.45, 7) is 4.73. The maximum absolute atomic E-state index is 12.7. The second-order valence-electron chi connectivity index (χ2n) is 8.79. The summed E-state index contributed by atoms with van der Waals surface area (Å²) in [4.78, 5) is 31.5. The van der Waals surface area contributed by atoms with Crippen LogP contribution in [0.4, 0.5) is 5.95 Å². The molecule has 11 nitrogen and oxygen atoms in total. The van der Waals surface area contributed by atoms with Gasteiger partial charge in [0.2, 0.25) is 5.95 Å². The Morgan fingerprint density at radius 3 is 2.45 bits per heavy atom. The van der Waals surface area contributed by atoms with E-state index >= 15 is 0 Å². The summed E-state index contributed by atoms with van der Waals surface area (Å²) in [5.41, 5.74) is 3.93. The van der Waals surface area contributed by atoms with Crippen LogP contribution in [0.25, 0.3) is 11.2 Å². The quantitative estimate of drug-likeness (QED) is 0.193. The SMILES string of the molecule is CCCOc1ccc(/C=N/Nc2nc3c(c(=O)[nH]c(=O)n3C)n2C[C@H](O)COc2ccc(CC)cc2)cc1. The van der Waals surface area contributed by atoms with E-state index < -0.39 is 17.4 Å². The molecule has 3 N–H and O–H groups in total. The summed E-state index contributed by atoms with van der Waals surface area (Å²) in [6, 6.07) is 15.1. The number of hydrazone groups is 1. The fourth-order valence-electron chi connectivity index (χ4n) is 3.81. The Bertz CT molecular complexity index is 1500. The molecule has 4 rings (SSSR count). The van der Waals surface area contributed by atoms with Crippen molar-refractivity contribution in [2.24, 2.45) is 12.1 Å². The molecular formula is C27H32N6O5. The summed E-state index contributed by atoms with van der Waals surface area (Å²) < 4.78 is 14.0. The Balaban J connectivity index is 1.54. The highest BCUT2D eigenvalue weighted by atomic mass is 16.5. The highest BCUT2D eigenvalue weighted by Crippen LogP contribution is 2.18. The number of aliphatic hydroxyl groups excluding tert-OH is 1. The lowest BCUT2D eigenvalue weighted by Crippen LogP contribution is -2.30. The molecule has 2 aromatic heterocycles. The molecule has 0 bridgehead atoms. The van der Waals surface area contributed by atoms with E-state index in [0.717, 1.165) is 24.2 Å². The number of anilines is 1. The van der Waals surface area contributed by atoms with Crippen LogP contribution in [0.3, 0.4) is 0 Å². The molecule has 11 heteroatoms. The molecule has 38 heavy (non-hydrogen) atoms. The summed E-state index contributed by atoms with van der Waals surface area (Å²) >= 11 is 0. The number of hydrogen-bond donors (Lipinski definition) is 3. The van der Waals surface area contributed by atoms with Gasteiger partial charge in [-0.25, -0.2) is 10.2 Å². The van der Waals surface area contributed by atoms with Gasteiger partial charge in [0.1, 0.15) is 24.2 Å². The van der Waals surface area contributed by atoms with Gasteiger partial charge in [0.15, 0.2) is 11.2 Å². The number of nitrogens with one attached hydrogen (secondary N) is 2. The minimum absolute atomic E-state index is 0.00995. The van der Waals surface area contributed by atoms with Gasteiger partial charge in [-0.2, -0.15) is 10.1 Å². The Hall–Kier alpha value is -4.38. The van der Waals surface area contributed by atoms with Gasteiger partial charge >= 0.3 is 5.69 Å². The predicted octanol–water partition coefficient (Wildman–Crippen LogP) is 2.66. The molecule has 0 saturated carbocycles. The van der Waals surface area contributed by atoms with Crippen LogP contribution in [0.2, 0.25) is 0 Å². The van der Waals surface area contributed by atoms with Crippen molar-refractivity contribution in [1.29, 1.82) is 0 Å². The van der Waals surface area contributed by atoms with Crippen LogP contribution in [-0.2, 0) is 20.0 Å². The van der Waals surface area contributed by atoms with Crippen LogP contribution in [0.15, 0.2) is 63.2 Å². The highest BCUT2D eigenvalue weighted by Gasteiger charge is 2.20. The van der Waals surface area contributed by atoms with E-state index in [2.05, 4.69) is 27.4 Å². The fraction of sp³-hybridized carbons (Fsp3) is 0.333. The largest absolute Gasteiger partial charge is 0.494 e. The number of rotatable bonds is 12. The Labute approximate surface area is 219 Å². The average Bonchev–Trinajstić information content (AvgIpc) is 3.29. The van der Waals surface area contributed by atoms with Crippen LogP contribution < -0.4 is 26.1 Å². The molecule has 0 saturated heterocycles. The molecule has 0 unspecified atom stereocenters. The van der Waals surface area contributed by atoms with Crippen LogP contribution in [0.1, 0.15) is 31.4 Å². The first kappa shape index (κ1) is 26.7. The zero-order valence-corrected chi connectivity index (χ0v) is 21.7. The molecule has 2 aromatic carbocycles. The predicted molar refractivity (Wildman–Crippen MR) is 146 cm³/mol. The fourth-order valence-corrected chi connectivity index (χ4v) is 3.81. The first-order valence-corrected chi connectivity index (χ1v) is 12.5. The molecule has 4 aromatic rings. The lowest BCUT2D eigenvalue weighted by atomic mass is 10.2. The minimum Gasteiger partial charge on any atom is -0.494 e. The van der Waals surface area contributed by atoms with Crippen molar-refractivity contribution in [3.8, 4) is 11.5 Å². The molecule has 2 heterocycles. The minimum atomic E-state index is -0.977. The van der Waals surface area contributed by atoms with E-state index in [-0.39, 0.29) is 30.3 Å². The summed E-state index contributed by atoms with van der Waals surface area (Å²) in [7, 11) is 1.51. The third-order valence-corrected chi connectivity index (χ3v) is 5.91. The zero-order valence-electron chi connectivity index (χ0n) is 21.7. The Kier molecular flexibility index (Phi) is 8.59. The zero-order chi connectivity index (χ0) is 27.1. The van der Waals surface area contributed by atoms with Crippen molar-refractivity contribution in [2.75, 3.05) is 18.6 Å². The molecule has 0 radical (unpaired) electrons. The van der Waals surface area contributed by atoms with Crippen molar-refractivity contribution in [3.63, 3.8) is 0 Å². The van der Waals surface area contributed by atoms with Gasteiger partial charge in [0.05, 0.1) is 19.4 Å². The van der Waals surface area contributed by atoms with Crippen molar-refractivity contribution in [2.45, 2.75) is 39.3 Å². The molecule has 0 amide bonds. The second kappa shape index (κ2) is 12.2. The van der Waals surface area contributed by atoms with Crippen LogP contribution in [-0.4, -0.2) is 49.7 Å². The number of H-pyrrole nitrogens is 1. The first-order valence-electron chi connectivity index (χ1n) is 12.5. The number of aromatic nitrogens is 4. The molecular weight excluding hydrogens is 488 g/mol. The Morgan fingerprint density at radius 1 is 1.08 bits per heavy atom. The smallest absolute Gasteiger partial charge is 0.329 e. The topological polar surface area (TPSA) is 136 Å². The number of nitrogens with zero attached hydrogens (tertiary/aromatic N) is 4. The lowest BCUT2D eigenvalue weighted by Gasteiger charge is -2.15. The van der Waals surface area contributed by atoms with Crippen LogP contribution >= 0.6 is 0 Å². The molecule has 1 atom stereocenters. The maximum Gasteiger partial charge on any atom is 0.329 e. The van der Waals surface area contributed by atoms with Gasteiger partial charge in [-0.05, 0) is 60.4 Å². The number of aryl methyl sites for hydroxylation is 2. The van der Waals surface area contributed by atoms with E-state index in [9.17, 15) is 14.7 Å². The summed E-state index contributed by atoms with van der Waals surface area (Å²) in [5, 5.41) is 15.0. The number of fused-ring (bicyclic) bond motifs is 1. The molecule has 200 valence electrons. The van der Waals surface area contributed by atoms with Gasteiger partial charge in [-0.1, -0.05) is 26.0 Å². The van der Waals surface area contributed by atoms with Gasteiger partial charge in [-0.3, -0.25) is 14.3 Å². The third kappa shape index (κ3) is 6.30. The number of ether oxygens (including phenoxy) is 2. The van der Waals surface area contributed by atoms with Crippen molar-refractivity contribution in [3.05, 3.63) is 80.5 Å². The van der Waals surface area contributed by atoms with Crippen LogP contribution in [0, 0.1) is 0 Å². The van der Waals surface area contributed by atoms with Crippen molar-refractivity contribution < 1.29 is 14.6 Å². The monoisotopic (exact) mass is 520 g/mol. The third-order valence-electron chi connectivity index (χ3n) is 5.91. The lowest BCUT2D eigenvalue weighted by molar-refractivity contribution is 0.0938. The molecule has 0 aliphatic rings. The molecule has 0 fully saturated rings. The van der Waals surface area contributed by atoms with E-state index in [1.807, 2.05) is 55.5 Å². The van der Waals surface area contributed by atoms with Crippen molar-refractivity contribution >= 4 is 23.3 Å².